The third kappa shape index (κ3) is 2.17. The first kappa shape index (κ1) is 11.4. The molecule has 0 amide bonds. The van der Waals surface area contributed by atoms with Gasteiger partial charge in [-0.05, 0) is 12.1 Å². The molecule has 3 aromatic rings. The molecule has 5 nitrogen and oxygen atoms in total. The lowest BCUT2D eigenvalue weighted by atomic mass is 10.3. The number of nitrogens with two attached hydrogens (primary N) is 1. The number of nitrogens with zero attached hydrogens (tertiary/aromatic N) is 3. The molecule has 96 valence electrons. The fraction of sp³-hybridized carbons (Fsp3) is 0. The van der Waals surface area contributed by atoms with Crippen molar-refractivity contribution in [1.82, 2.24) is 14.4 Å². The summed E-state index contributed by atoms with van der Waals surface area (Å²) >= 11 is 0. The second-order valence-corrected chi connectivity index (χ2v) is 3.96. The van der Waals surface area contributed by atoms with Crippen LogP contribution in [0.4, 0.5) is 26.1 Å². The smallest absolute Gasteiger partial charge is 0.180 e. The normalized spacial score (nSPS) is 10.8. The van der Waals surface area contributed by atoms with E-state index in [0.717, 1.165) is 18.2 Å². The van der Waals surface area contributed by atoms with E-state index < -0.39 is 11.6 Å². The van der Waals surface area contributed by atoms with E-state index in [-0.39, 0.29) is 11.5 Å². The summed E-state index contributed by atoms with van der Waals surface area (Å²) in [5.41, 5.74) is 6.40. The lowest BCUT2D eigenvalue weighted by Crippen LogP contribution is -2.02. The highest BCUT2D eigenvalue weighted by Crippen LogP contribution is 2.21. The molecule has 0 spiro atoms. The highest BCUT2D eigenvalue weighted by molar-refractivity contribution is 5.71. The summed E-state index contributed by atoms with van der Waals surface area (Å²) in [6, 6.07) is 3.11. The molecular weight excluding hydrogens is 252 g/mol. The predicted molar refractivity (Wildman–Crippen MR) is 67.0 cm³/mol. The minimum atomic E-state index is -0.675. The molecule has 1 aromatic carbocycles. The quantitative estimate of drug-likeness (QED) is 0.743. The second-order valence-electron chi connectivity index (χ2n) is 3.96. The number of nitrogen functional groups attached to an aromatic ring is 1. The number of fused-ring (bicyclic) bond motifs is 1. The summed E-state index contributed by atoms with van der Waals surface area (Å²) in [6.45, 7) is 0. The Hall–Kier alpha value is -2.70. The van der Waals surface area contributed by atoms with Crippen molar-refractivity contribution in [1.29, 1.82) is 0 Å². The summed E-state index contributed by atoms with van der Waals surface area (Å²) in [5, 5.41) is 2.80. The van der Waals surface area contributed by atoms with E-state index in [2.05, 4.69) is 15.3 Å². The predicted octanol–water partition coefficient (Wildman–Crippen LogP) is 2.33. The monoisotopic (exact) mass is 261 g/mol. The van der Waals surface area contributed by atoms with Crippen LogP contribution in [0.25, 0.3) is 5.65 Å². The Morgan fingerprint density at radius 2 is 1.89 bits per heavy atom. The summed E-state index contributed by atoms with van der Waals surface area (Å²) in [4.78, 5) is 8.16. The van der Waals surface area contributed by atoms with Gasteiger partial charge in [0.1, 0.15) is 17.5 Å². The number of hydrogen-bond acceptors (Lipinski definition) is 4. The Labute approximate surface area is 106 Å². The van der Waals surface area contributed by atoms with Gasteiger partial charge in [-0.2, -0.15) is 0 Å². The average molecular weight is 261 g/mol. The molecule has 7 heteroatoms. The molecular formula is C12H9F2N5. The van der Waals surface area contributed by atoms with Gasteiger partial charge in [-0.1, -0.05) is 0 Å². The van der Waals surface area contributed by atoms with Crippen LogP contribution in [0.3, 0.4) is 0 Å². The number of anilines is 3. The van der Waals surface area contributed by atoms with E-state index in [1.165, 1.54) is 0 Å². The minimum absolute atomic E-state index is 0.237. The topological polar surface area (TPSA) is 68.2 Å². The highest BCUT2D eigenvalue weighted by atomic mass is 19.1. The number of imidazole rings is 1. The number of nitrogens with one attached hydrogen (secondary N) is 1. The van der Waals surface area contributed by atoms with E-state index in [0.29, 0.717) is 11.5 Å². The van der Waals surface area contributed by atoms with Gasteiger partial charge in [0.05, 0.1) is 6.20 Å². The molecule has 2 heterocycles. The maximum absolute atomic E-state index is 13.1. The van der Waals surface area contributed by atoms with Crippen LogP contribution < -0.4 is 11.1 Å². The van der Waals surface area contributed by atoms with E-state index in [9.17, 15) is 8.78 Å². The molecule has 0 saturated heterocycles. The first-order valence-electron chi connectivity index (χ1n) is 5.44. The van der Waals surface area contributed by atoms with E-state index in [4.69, 9.17) is 5.73 Å². The van der Waals surface area contributed by atoms with Crippen LogP contribution in [0.2, 0.25) is 0 Å². The Kier molecular flexibility index (Phi) is 2.52. The van der Waals surface area contributed by atoms with Gasteiger partial charge in [0, 0.05) is 24.1 Å². The molecule has 0 saturated carbocycles. The SMILES string of the molecule is Nc1cn2ccnc2c(Nc2cc(F)cc(F)c2)n1. The zero-order valence-electron chi connectivity index (χ0n) is 9.64. The molecule has 0 fully saturated rings. The van der Waals surface area contributed by atoms with Crippen molar-refractivity contribution >= 4 is 23.0 Å². The first-order valence-corrected chi connectivity index (χ1v) is 5.44. The largest absolute Gasteiger partial charge is 0.382 e. The lowest BCUT2D eigenvalue weighted by molar-refractivity contribution is 0.584. The van der Waals surface area contributed by atoms with Gasteiger partial charge >= 0.3 is 0 Å². The highest BCUT2D eigenvalue weighted by Gasteiger charge is 2.08. The first-order chi connectivity index (χ1) is 9.11. The summed E-state index contributed by atoms with van der Waals surface area (Å²) in [5.74, 6) is -0.753. The fourth-order valence-electron chi connectivity index (χ4n) is 1.80. The van der Waals surface area contributed by atoms with Crippen molar-refractivity contribution < 1.29 is 8.78 Å². The van der Waals surface area contributed by atoms with Crippen LogP contribution in [-0.2, 0) is 0 Å². The number of aromatic nitrogens is 3. The summed E-state index contributed by atoms with van der Waals surface area (Å²) in [7, 11) is 0. The van der Waals surface area contributed by atoms with Gasteiger partial charge in [0.15, 0.2) is 11.5 Å². The van der Waals surface area contributed by atoms with E-state index in [1.54, 1.807) is 23.0 Å². The van der Waals surface area contributed by atoms with Crippen LogP contribution in [0.5, 0.6) is 0 Å². The Morgan fingerprint density at radius 3 is 2.63 bits per heavy atom. The van der Waals surface area contributed by atoms with Crippen molar-refractivity contribution in [2.24, 2.45) is 0 Å². The van der Waals surface area contributed by atoms with Crippen LogP contribution in [0.15, 0.2) is 36.8 Å². The molecule has 0 radical (unpaired) electrons. The summed E-state index contributed by atoms with van der Waals surface area (Å²) in [6.07, 6.45) is 4.87. The Bertz CT molecular complexity index is 733. The third-order valence-electron chi connectivity index (χ3n) is 2.52. The molecule has 0 unspecified atom stereocenters. The van der Waals surface area contributed by atoms with Crippen LogP contribution in [0.1, 0.15) is 0 Å². The molecule has 0 aliphatic carbocycles. The van der Waals surface area contributed by atoms with Gasteiger partial charge in [0.2, 0.25) is 0 Å². The van der Waals surface area contributed by atoms with Gasteiger partial charge < -0.3 is 15.5 Å². The molecule has 0 aliphatic heterocycles. The molecule has 3 rings (SSSR count). The molecule has 2 aromatic heterocycles. The minimum Gasteiger partial charge on any atom is -0.382 e. The van der Waals surface area contributed by atoms with E-state index in [1.807, 2.05) is 0 Å². The lowest BCUT2D eigenvalue weighted by Gasteiger charge is -2.08. The molecule has 3 N–H and O–H groups in total. The summed E-state index contributed by atoms with van der Waals surface area (Å²) < 4.78 is 27.9. The van der Waals surface area contributed by atoms with Crippen LogP contribution in [-0.4, -0.2) is 14.4 Å². The fourth-order valence-corrected chi connectivity index (χ4v) is 1.80. The van der Waals surface area contributed by atoms with Crippen LogP contribution in [0, 0.1) is 11.6 Å². The maximum Gasteiger partial charge on any atom is 0.180 e. The van der Waals surface area contributed by atoms with Crippen molar-refractivity contribution in [3.05, 3.63) is 48.4 Å². The van der Waals surface area contributed by atoms with Crippen LogP contribution >= 0.6 is 0 Å². The maximum atomic E-state index is 13.1. The molecule has 19 heavy (non-hydrogen) atoms. The second kappa shape index (κ2) is 4.20. The zero-order chi connectivity index (χ0) is 13.4. The van der Waals surface area contributed by atoms with E-state index >= 15 is 0 Å². The number of halogens is 2. The van der Waals surface area contributed by atoms with Crippen molar-refractivity contribution in [3.8, 4) is 0 Å². The third-order valence-corrected chi connectivity index (χ3v) is 2.52. The standard InChI is InChI=1S/C12H9F2N5/c13-7-3-8(14)5-9(4-7)17-11-12-16-1-2-19(12)6-10(15)18-11/h1-6H,15H2,(H,17,18). The van der Waals surface area contributed by atoms with Crippen molar-refractivity contribution in [2.45, 2.75) is 0 Å². The average Bonchev–Trinajstić information content (AvgIpc) is 2.75. The molecule has 0 aliphatic rings. The number of benzene rings is 1. The molecule has 0 bridgehead atoms. The van der Waals surface area contributed by atoms with Gasteiger partial charge in [0.25, 0.3) is 0 Å². The molecule has 0 atom stereocenters. The number of hydrogen-bond donors (Lipinski definition) is 2. The zero-order valence-corrected chi connectivity index (χ0v) is 9.64. The Balaban J connectivity index is 2.07. The van der Waals surface area contributed by atoms with Crippen molar-refractivity contribution in [3.63, 3.8) is 0 Å². The van der Waals surface area contributed by atoms with Gasteiger partial charge in [-0.15, -0.1) is 0 Å². The van der Waals surface area contributed by atoms with Gasteiger partial charge in [-0.3, -0.25) is 0 Å². The Morgan fingerprint density at radius 1 is 1.16 bits per heavy atom. The number of rotatable bonds is 2. The van der Waals surface area contributed by atoms with Crippen molar-refractivity contribution in [2.75, 3.05) is 11.1 Å². The van der Waals surface area contributed by atoms with Gasteiger partial charge in [-0.25, -0.2) is 18.7 Å².